The highest BCUT2D eigenvalue weighted by Gasteiger charge is 2.17. The van der Waals surface area contributed by atoms with Crippen molar-refractivity contribution in [3.63, 3.8) is 0 Å². The monoisotopic (exact) mass is 442 g/mol. The van der Waals surface area contributed by atoms with E-state index in [0.717, 1.165) is 5.56 Å². The van der Waals surface area contributed by atoms with Crippen LogP contribution in [-0.4, -0.2) is 40.6 Å². The van der Waals surface area contributed by atoms with E-state index in [0.29, 0.717) is 40.3 Å². The molecule has 0 aliphatic heterocycles. The number of ether oxygens (including phenoxy) is 2. The number of benzene rings is 2. The van der Waals surface area contributed by atoms with Crippen LogP contribution in [0.1, 0.15) is 5.56 Å². The fourth-order valence-corrected chi connectivity index (χ4v) is 3.71. The molecule has 1 N–H and O–H groups in total. The van der Waals surface area contributed by atoms with Crippen molar-refractivity contribution < 1.29 is 18.7 Å². The Morgan fingerprint density at radius 3 is 2.65 bits per heavy atom. The highest BCUT2D eigenvalue weighted by Crippen LogP contribution is 2.33. The summed E-state index contributed by atoms with van der Waals surface area (Å²) in [6.07, 6.45) is 1.74. The average Bonchev–Trinajstić information content (AvgIpc) is 3.16. The summed E-state index contributed by atoms with van der Waals surface area (Å²) in [6.45, 7) is 6.01. The molecular weight excluding hydrogens is 419 g/mol. The third kappa shape index (κ3) is 5.24. The van der Waals surface area contributed by atoms with Crippen LogP contribution >= 0.6 is 11.8 Å². The molecule has 3 aromatic rings. The number of carbonyl (C=O) groups is 1. The Morgan fingerprint density at radius 2 is 1.97 bits per heavy atom. The highest BCUT2D eigenvalue weighted by atomic mass is 32.2. The fourth-order valence-electron chi connectivity index (χ4n) is 2.96. The van der Waals surface area contributed by atoms with Crippen LogP contribution in [0, 0.1) is 12.7 Å². The Labute approximate surface area is 184 Å². The molecule has 31 heavy (non-hydrogen) atoms. The van der Waals surface area contributed by atoms with Crippen molar-refractivity contribution in [2.24, 2.45) is 0 Å². The molecule has 9 heteroatoms. The van der Waals surface area contributed by atoms with Gasteiger partial charge in [0.1, 0.15) is 5.82 Å². The Morgan fingerprint density at radius 1 is 1.19 bits per heavy atom. The molecule has 0 spiro atoms. The number of hydrogen-bond donors (Lipinski definition) is 1. The Hall–Kier alpha value is -3.33. The van der Waals surface area contributed by atoms with Gasteiger partial charge >= 0.3 is 0 Å². The van der Waals surface area contributed by atoms with E-state index in [1.54, 1.807) is 39.4 Å². The maximum atomic E-state index is 13.2. The molecular formula is C22H23FN4O3S. The van der Waals surface area contributed by atoms with Crippen molar-refractivity contribution in [1.82, 2.24) is 14.8 Å². The first-order valence-corrected chi connectivity index (χ1v) is 10.4. The summed E-state index contributed by atoms with van der Waals surface area (Å²) >= 11 is 1.26. The van der Waals surface area contributed by atoms with Crippen molar-refractivity contribution in [3.8, 4) is 22.9 Å². The molecule has 0 bridgehead atoms. The normalized spacial score (nSPS) is 10.6. The van der Waals surface area contributed by atoms with Crippen molar-refractivity contribution >= 4 is 23.4 Å². The van der Waals surface area contributed by atoms with E-state index in [9.17, 15) is 9.18 Å². The topological polar surface area (TPSA) is 78.3 Å². The predicted molar refractivity (Wildman–Crippen MR) is 119 cm³/mol. The number of carbonyl (C=O) groups excluding carboxylic acids is 1. The van der Waals surface area contributed by atoms with Crippen molar-refractivity contribution in [3.05, 3.63) is 60.4 Å². The van der Waals surface area contributed by atoms with Crippen LogP contribution in [0.4, 0.5) is 10.1 Å². The number of aryl methyl sites for hydroxylation is 1. The zero-order valence-corrected chi connectivity index (χ0v) is 18.3. The molecule has 1 amide bonds. The number of nitrogens with zero attached hydrogens (tertiary/aromatic N) is 3. The van der Waals surface area contributed by atoms with Gasteiger partial charge in [-0.15, -0.1) is 16.8 Å². The summed E-state index contributed by atoms with van der Waals surface area (Å²) in [5, 5.41) is 11.9. The van der Waals surface area contributed by atoms with Gasteiger partial charge in [0.05, 0.1) is 20.0 Å². The number of nitrogens with one attached hydrogen (secondary N) is 1. The minimum atomic E-state index is -0.343. The Kier molecular flexibility index (Phi) is 7.30. The number of thioether (sulfide) groups is 1. The SMILES string of the molecule is C=CCn1c(SCC(=O)Nc2ccc(F)cc2C)nnc1-c1ccc(OC)c(OC)c1. The average molecular weight is 443 g/mol. The van der Waals surface area contributed by atoms with Crippen LogP contribution in [0.15, 0.2) is 54.2 Å². The van der Waals surface area contributed by atoms with Gasteiger partial charge in [-0.1, -0.05) is 17.8 Å². The number of hydrogen-bond acceptors (Lipinski definition) is 6. The molecule has 1 aromatic heterocycles. The number of anilines is 1. The summed E-state index contributed by atoms with van der Waals surface area (Å²) in [5.41, 5.74) is 2.03. The van der Waals surface area contributed by atoms with Crippen LogP contribution in [0.25, 0.3) is 11.4 Å². The molecule has 0 aliphatic rings. The number of methoxy groups -OCH3 is 2. The number of rotatable bonds is 9. The Balaban J connectivity index is 1.77. The van der Waals surface area contributed by atoms with Crippen LogP contribution in [0.3, 0.4) is 0 Å². The number of amides is 1. The van der Waals surface area contributed by atoms with E-state index in [2.05, 4.69) is 22.1 Å². The summed E-state index contributed by atoms with van der Waals surface area (Å²) in [7, 11) is 3.14. The van der Waals surface area contributed by atoms with Crippen molar-refractivity contribution in [2.45, 2.75) is 18.6 Å². The van der Waals surface area contributed by atoms with Gasteiger partial charge in [0.25, 0.3) is 0 Å². The second kappa shape index (κ2) is 10.1. The molecule has 0 saturated heterocycles. The zero-order valence-electron chi connectivity index (χ0n) is 17.5. The van der Waals surface area contributed by atoms with E-state index in [4.69, 9.17) is 9.47 Å². The molecule has 1 heterocycles. The minimum Gasteiger partial charge on any atom is -0.493 e. The zero-order chi connectivity index (χ0) is 22.4. The molecule has 0 unspecified atom stereocenters. The van der Waals surface area contributed by atoms with Gasteiger partial charge in [0.15, 0.2) is 22.5 Å². The summed E-state index contributed by atoms with van der Waals surface area (Å²) in [5.74, 6) is 1.38. The van der Waals surface area contributed by atoms with Gasteiger partial charge in [-0.2, -0.15) is 0 Å². The first-order valence-electron chi connectivity index (χ1n) is 9.42. The predicted octanol–water partition coefficient (Wildman–Crippen LogP) is 4.33. The third-order valence-electron chi connectivity index (χ3n) is 4.47. The van der Waals surface area contributed by atoms with Gasteiger partial charge in [-0.05, 0) is 48.9 Å². The van der Waals surface area contributed by atoms with Crippen LogP contribution in [0.5, 0.6) is 11.5 Å². The fraction of sp³-hybridized carbons (Fsp3) is 0.227. The van der Waals surface area contributed by atoms with E-state index < -0.39 is 0 Å². The second-order valence-corrected chi connectivity index (χ2v) is 7.51. The van der Waals surface area contributed by atoms with Crippen molar-refractivity contribution in [1.29, 1.82) is 0 Å². The molecule has 162 valence electrons. The molecule has 7 nitrogen and oxygen atoms in total. The van der Waals surface area contributed by atoms with Crippen LogP contribution in [0.2, 0.25) is 0 Å². The standard InChI is InChI=1S/C22H23FN4O3S/c1-5-10-27-21(15-6-9-18(29-3)19(12-15)30-4)25-26-22(27)31-13-20(28)24-17-8-7-16(23)11-14(17)2/h5-9,11-12H,1,10,13H2,2-4H3,(H,24,28). The van der Waals surface area contributed by atoms with Gasteiger partial charge in [0.2, 0.25) is 5.91 Å². The van der Waals surface area contributed by atoms with E-state index >= 15 is 0 Å². The first kappa shape index (κ1) is 22.4. The first-order chi connectivity index (χ1) is 15.0. The quantitative estimate of drug-likeness (QED) is 0.393. The lowest BCUT2D eigenvalue weighted by molar-refractivity contribution is -0.113. The van der Waals surface area contributed by atoms with E-state index in [1.807, 2.05) is 16.7 Å². The number of allylic oxidation sites excluding steroid dienone is 1. The van der Waals surface area contributed by atoms with Gasteiger partial charge < -0.3 is 14.8 Å². The molecule has 0 saturated carbocycles. The van der Waals surface area contributed by atoms with Gasteiger partial charge in [0, 0.05) is 17.8 Å². The summed E-state index contributed by atoms with van der Waals surface area (Å²) in [4.78, 5) is 12.4. The van der Waals surface area contributed by atoms with Gasteiger partial charge in [-0.3, -0.25) is 9.36 Å². The number of halogens is 1. The lowest BCUT2D eigenvalue weighted by Crippen LogP contribution is -2.15. The third-order valence-corrected chi connectivity index (χ3v) is 5.43. The van der Waals surface area contributed by atoms with E-state index in [1.165, 1.54) is 23.9 Å². The van der Waals surface area contributed by atoms with Crippen molar-refractivity contribution in [2.75, 3.05) is 25.3 Å². The van der Waals surface area contributed by atoms with Crippen LogP contribution in [-0.2, 0) is 11.3 Å². The molecule has 0 aliphatic carbocycles. The smallest absolute Gasteiger partial charge is 0.234 e. The molecule has 0 fully saturated rings. The molecule has 0 atom stereocenters. The lowest BCUT2D eigenvalue weighted by Gasteiger charge is -2.11. The molecule has 0 radical (unpaired) electrons. The molecule has 3 rings (SSSR count). The molecule has 2 aromatic carbocycles. The summed E-state index contributed by atoms with van der Waals surface area (Å²) in [6, 6.07) is 9.71. The van der Waals surface area contributed by atoms with Crippen LogP contribution < -0.4 is 14.8 Å². The Bertz CT molecular complexity index is 1100. The summed E-state index contributed by atoms with van der Waals surface area (Å²) < 4.78 is 25.8. The van der Waals surface area contributed by atoms with E-state index in [-0.39, 0.29) is 17.5 Å². The number of aromatic nitrogens is 3. The highest BCUT2D eigenvalue weighted by molar-refractivity contribution is 7.99. The second-order valence-electron chi connectivity index (χ2n) is 6.57. The van der Waals surface area contributed by atoms with Gasteiger partial charge in [-0.25, -0.2) is 4.39 Å². The maximum Gasteiger partial charge on any atom is 0.234 e. The minimum absolute atomic E-state index is 0.123. The lowest BCUT2D eigenvalue weighted by atomic mass is 10.2. The largest absolute Gasteiger partial charge is 0.493 e. The maximum absolute atomic E-state index is 13.2.